The van der Waals surface area contributed by atoms with Gasteiger partial charge in [-0.15, -0.1) is 0 Å². The molecule has 0 radical (unpaired) electrons. The molecule has 3 unspecified atom stereocenters. The lowest BCUT2D eigenvalue weighted by atomic mass is 9.90. The summed E-state index contributed by atoms with van der Waals surface area (Å²) in [6.07, 6.45) is 2.03. The fraction of sp³-hybridized carbons (Fsp3) is 0.571. The molecule has 0 aliphatic heterocycles. The van der Waals surface area contributed by atoms with E-state index in [9.17, 15) is 8.78 Å². The van der Waals surface area contributed by atoms with Crippen molar-refractivity contribution in [1.29, 1.82) is 0 Å². The Hall–Kier alpha value is -0.960. The van der Waals surface area contributed by atoms with Crippen LogP contribution in [0.25, 0.3) is 0 Å². The van der Waals surface area contributed by atoms with Gasteiger partial charge in [-0.1, -0.05) is 13.0 Å². The van der Waals surface area contributed by atoms with Crippen LogP contribution in [0.1, 0.15) is 31.2 Å². The predicted octanol–water partition coefficient (Wildman–Crippen LogP) is 3.41. The summed E-state index contributed by atoms with van der Waals surface area (Å²) in [5.41, 5.74) is 0.670. The summed E-state index contributed by atoms with van der Waals surface area (Å²) < 4.78 is 26.6. The molecule has 0 saturated heterocycles. The van der Waals surface area contributed by atoms with Gasteiger partial charge in [0.05, 0.1) is 0 Å². The van der Waals surface area contributed by atoms with Crippen molar-refractivity contribution in [3.63, 3.8) is 0 Å². The highest BCUT2D eigenvalue weighted by Crippen LogP contribution is 2.41. The molecular weight excluding hydrogens is 220 g/mol. The molecule has 3 heteroatoms. The van der Waals surface area contributed by atoms with Gasteiger partial charge < -0.3 is 4.90 Å². The van der Waals surface area contributed by atoms with Crippen LogP contribution < -0.4 is 0 Å². The fourth-order valence-corrected chi connectivity index (χ4v) is 2.87. The smallest absolute Gasteiger partial charge is 0.129 e. The molecule has 1 saturated carbocycles. The van der Waals surface area contributed by atoms with Gasteiger partial charge >= 0.3 is 0 Å². The summed E-state index contributed by atoms with van der Waals surface area (Å²) in [6.45, 7) is 2.15. The predicted molar refractivity (Wildman–Crippen MR) is 65.0 cm³/mol. The largest absolute Gasteiger partial charge is 0.306 e. The highest BCUT2D eigenvalue weighted by atomic mass is 19.1. The molecule has 1 fully saturated rings. The Morgan fingerprint density at radius 1 is 1.18 bits per heavy atom. The minimum absolute atomic E-state index is 0.211. The molecule has 1 aromatic rings. The van der Waals surface area contributed by atoms with Gasteiger partial charge in [-0.2, -0.15) is 0 Å². The van der Waals surface area contributed by atoms with Crippen molar-refractivity contribution < 1.29 is 8.78 Å². The first-order valence-corrected chi connectivity index (χ1v) is 6.10. The van der Waals surface area contributed by atoms with Crippen LogP contribution in [-0.4, -0.2) is 25.0 Å². The molecule has 1 aromatic carbocycles. The van der Waals surface area contributed by atoms with Crippen molar-refractivity contribution in [2.45, 2.75) is 31.7 Å². The van der Waals surface area contributed by atoms with Gasteiger partial charge in [0.2, 0.25) is 0 Å². The molecule has 1 aliphatic rings. The van der Waals surface area contributed by atoms with Crippen LogP contribution in [0.5, 0.6) is 0 Å². The van der Waals surface area contributed by atoms with Crippen molar-refractivity contribution in [2.24, 2.45) is 5.92 Å². The zero-order valence-corrected chi connectivity index (χ0v) is 10.6. The molecule has 0 aromatic heterocycles. The number of halogens is 2. The molecule has 0 bridgehead atoms. The highest BCUT2D eigenvalue weighted by molar-refractivity contribution is 5.25. The highest BCUT2D eigenvalue weighted by Gasteiger charge is 2.34. The van der Waals surface area contributed by atoms with Gasteiger partial charge in [-0.3, -0.25) is 0 Å². The lowest BCUT2D eigenvalue weighted by molar-refractivity contribution is 0.292. The van der Waals surface area contributed by atoms with Crippen molar-refractivity contribution in [2.75, 3.05) is 14.1 Å². The Morgan fingerprint density at radius 2 is 1.88 bits per heavy atom. The summed E-state index contributed by atoms with van der Waals surface area (Å²) in [6, 6.07) is 4.45. The molecule has 1 aliphatic carbocycles. The van der Waals surface area contributed by atoms with Gasteiger partial charge in [0.15, 0.2) is 0 Å². The first kappa shape index (κ1) is 12.5. The minimum Gasteiger partial charge on any atom is -0.306 e. The molecule has 3 atom stereocenters. The zero-order valence-electron chi connectivity index (χ0n) is 10.6. The monoisotopic (exact) mass is 239 g/mol. The van der Waals surface area contributed by atoms with E-state index in [2.05, 4.69) is 25.9 Å². The van der Waals surface area contributed by atoms with E-state index in [0.29, 0.717) is 17.5 Å². The van der Waals surface area contributed by atoms with E-state index in [1.807, 2.05) is 0 Å². The Labute approximate surface area is 101 Å². The summed E-state index contributed by atoms with van der Waals surface area (Å²) in [5, 5.41) is 0. The topological polar surface area (TPSA) is 3.24 Å². The lowest BCUT2D eigenvalue weighted by Gasteiger charge is -2.19. The average Bonchev–Trinajstić information content (AvgIpc) is 2.61. The van der Waals surface area contributed by atoms with Gasteiger partial charge in [-0.05, 0) is 50.4 Å². The molecule has 0 spiro atoms. The van der Waals surface area contributed by atoms with E-state index in [-0.39, 0.29) is 5.92 Å². The van der Waals surface area contributed by atoms with Crippen LogP contribution in [-0.2, 0) is 0 Å². The van der Waals surface area contributed by atoms with E-state index >= 15 is 0 Å². The van der Waals surface area contributed by atoms with E-state index in [1.165, 1.54) is 6.07 Å². The fourth-order valence-electron chi connectivity index (χ4n) is 2.87. The van der Waals surface area contributed by atoms with Gasteiger partial charge in [0.25, 0.3) is 0 Å². The maximum Gasteiger partial charge on any atom is 0.129 e. The quantitative estimate of drug-likeness (QED) is 0.764. The SMILES string of the molecule is CC1CC(N(C)C)CC1c1ccc(F)cc1F. The third-order valence-corrected chi connectivity index (χ3v) is 3.95. The number of rotatable bonds is 2. The summed E-state index contributed by atoms with van der Waals surface area (Å²) in [5.74, 6) is -0.243. The van der Waals surface area contributed by atoms with Crippen LogP contribution in [0.15, 0.2) is 18.2 Å². The van der Waals surface area contributed by atoms with Crippen LogP contribution >= 0.6 is 0 Å². The summed E-state index contributed by atoms with van der Waals surface area (Å²) in [4.78, 5) is 2.19. The van der Waals surface area contributed by atoms with E-state index in [4.69, 9.17) is 0 Å². The van der Waals surface area contributed by atoms with Crippen LogP contribution in [0.3, 0.4) is 0 Å². The molecule has 1 nitrogen and oxygen atoms in total. The number of nitrogens with zero attached hydrogens (tertiary/aromatic N) is 1. The molecule has 0 N–H and O–H groups in total. The lowest BCUT2D eigenvalue weighted by Crippen LogP contribution is -2.24. The molecule has 0 amide bonds. The second-order valence-corrected chi connectivity index (χ2v) is 5.34. The Morgan fingerprint density at radius 3 is 2.41 bits per heavy atom. The maximum atomic E-state index is 13.8. The summed E-state index contributed by atoms with van der Waals surface area (Å²) >= 11 is 0. The van der Waals surface area contributed by atoms with Crippen molar-refractivity contribution in [3.8, 4) is 0 Å². The van der Waals surface area contributed by atoms with Crippen LogP contribution in [0.4, 0.5) is 8.78 Å². The molecule has 17 heavy (non-hydrogen) atoms. The van der Waals surface area contributed by atoms with Gasteiger partial charge in [-0.25, -0.2) is 8.78 Å². The Bertz CT molecular complexity index is 403. The zero-order chi connectivity index (χ0) is 12.6. The van der Waals surface area contributed by atoms with Gasteiger partial charge in [0, 0.05) is 12.1 Å². The summed E-state index contributed by atoms with van der Waals surface area (Å²) in [7, 11) is 4.11. The number of hydrogen-bond acceptors (Lipinski definition) is 1. The van der Waals surface area contributed by atoms with E-state index in [0.717, 1.165) is 18.9 Å². The second-order valence-electron chi connectivity index (χ2n) is 5.34. The van der Waals surface area contributed by atoms with Crippen molar-refractivity contribution in [1.82, 2.24) is 4.90 Å². The molecule has 2 rings (SSSR count). The normalized spacial score (nSPS) is 28.9. The second kappa shape index (κ2) is 4.73. The Balaban J connectivity index is 2.23. The average molecular weight is 239 g/mol. The molecule has 94 valence electrons. The van der Waals surface area contributed by atoms with E-state index in [1.54, 1.807) is 6.07 Å². The first-order chi connectivity index (χ1) is 7.99. The molecular formula is C14H19F2N. The molecule has 0 heterocycles. The number of hydrogen-bond donors (Lipinski definition) is 0. The van der Waals surface area contributed by atoms with Crippen LogP contribution in [0.2, 0.25) is 0 Å². The Kier molecular flexibility index (Phi) is 3.48. The maximum absolute atomic E-state index is 13.8. The van der Waals surface area contributed by atoms with E-state index < -0.39 is 11.6 Å². The van der Waals surface area contributed by atoms with Crippen molar-refractivity contribution >= 4 is 0 Å². The third-order valence-electron chi connectivity index (χ3n) is 3.95. The first-order valence-electron chi connectivity index (χ1n) is 6.10. The van der Waals surface area contributed by atoms with Gasteiger partial charge in [0.1, 0.15) is 11.6 Å². The minimum atomic E-state index is -0.499. The number of benzene rings is 1. The standard InChI is InChI=1S/C14H19F2N/c1-9-6-11(17(2)3)8-13(9)12-5-4-10(15)7-14(12)16/h4-5,7,9,11,13H,6,8H2,1-3H3. The van der Waals surface area contributed by atoms with Crippen LogP contribution in [0, 0.1) is 17.6 Å². The van der Waals surface area contributed by atoms with Crippen molar-refractivity contribution in [3.05, 3.63) is 35.4 Å². The third kappa shape index (κ3) is 2.49.